The molecule has 0 aromatic heterocycles. The van der Waals surface area contributed by atoms with Gasteiger partial charge in [0.05, 0.1) is 25.8 Å². The number of anilines is 2. The number of benzene rings is 1. The van der Waals surface area contributed by atoms with E-state index in [9.17, 15) is 9.59 Å². The first-order valence-electron chi connectivity index (χ1n) is 10.00. The first-order chi connectivity index (χ1) is 13.3. The van der Waals surface area contributed by atoms with Crippen LogP contribution in [-0.4, -0.2) is 79.6 Å². The van der Waals surface area contributed by atoms with Crippen LogP contribution < -0.4 is 10.2 Å². The van der Waals surface area contributed by atoms with E-state index in [1.54, 1.807) is 7.05 Å². The molecule has 1 atom stereocenters. The zero-order chi connectivity index (χ0) is 20.3. The standard InChI is InChI=1S/C21H32N4O3/c1-21(2,3)25-10-9-18(25)20(27)23(4)15-19(26)22-16-5-7-17(8-6-16)24-11-13-28-14-12-24/h5-8,18H,9-15H2,1-4H3,(H,22,26). The van der Waals surface area contributed by atoms with E-state index in [2.05, 4.69) is 35.9 Å². The average Bonchev–Trinajstić information content (AvgIpc) is 2.60. The van der Waals surface area contributed by atoms with Crippen LogP contribution in [0.3, 0.4) is 0 Å². The smallest absolute Gasteiger partial charge is 0.243 e. The Balaban J connectivity index is 1.50. The number of rotatable bonds is 5. The van der Waals surface area contributed by atoms with Gasteiger partial charge in [0.2, 0.25) is 11.8 Å². The Kier molecular flexibility index (Phi) is 6.25. The Hall–Kier alpha value is -2.12. The third kappa shape index (κ3) is 4.83. The van der Waals surface area contributed by atoms with Crippen molar-refractivity contribution >= 4 is 23.2 Å². The van der Waals surface area contributed by atoms with Crippen LogP contribution in [0.2, 0.25) is 0 Å². The number of nitrogens with one attached hydrogen (secondary N) is 1. The maximum Gasteiger partial charge on any atom is 0.243 e. The van der Waals surface area contributed by atoms with Crippen LogP contribution in [0.1, 0.15) is 27.2 Å². The van der Waals surface area contributed by atoms with Gasteiger partial charge in [0.25, 0.3) is 0 Å². The van der Waals surface area contributed by atoms with Crippen molar-refractivity contribution in [2.45, 2.75) is 38.8 Å². The first kappa shape index (κ1) is 20.6. The molecule has 1 unspecified atom stereocenters. The van der Waals surface area contributed by atoms with Gasteiger partial charge in [-0.3, -0.25) is 14.5 Å². The number of hydrogen-bond acceptors (Lipinski definition) is 5. The number of carbonyl (C=O) groups excluding carboxylic acids is 2. The van der Waals surface area contributed by atoms with E-state index in [1.165, 1.54) is 4.90 Å². The van der Waals surface area contributed by atoms with Crippen molar-refractivity contribution < 1.29 is 14.3 Å². The fourth-order valence-corrected chi connectivity index (χ4v) is 3.77. The van der Waals surface area contributed by atoms with Crippen molar-refractivity contribution in [3.63, 3.8) is 0 Å². The molecule has 2 fully saturated rings. The maximum absolute atomic E-state index is 12.7. The quantitative estimate of drug-likeness (QED) is 0.833. The predicted octanol–water partition coefficient (Wildman–Crippen LogP) is 1.79. The van der Waals surface area contributed by atoms with E-state index < -0.39 is 0 Å². The molecule has 1 aromatic rings. The van der Waals surface area contributed by atoms with Gasteiger partial charge in [-0.1, -0.05) is 0 Å². The van der Waals surface area contributed by atoms with Gasteiger partial charge >= 0.3 is 0 Å². The molecule has 0 bridgehead atoms. The van der Waals surface area contributed by atoms with Crippen molar-refractivity contribution in [3.05, 3.63) is 24.3 Å². The SMILES string of the molecule is CN(CC(=O)Nc1ccc(N2CCOCC2)cc1)C(=O)C1CCN1C(C)(C)C. The molecular formula is C21H32N4O3. The molecular weight excluding hydrogens is 356 g/mol. The van der Waals surface area contributed by atoms with Gasteiger partial charge in [0, 0.05) is 43.6 Å². The van der Waals surface area contributed by atoms with Gasteiger partial charge in [0.1, 0.15) is 0 Å². The van der Waals surface area contributed by atoms with Crippen molar-refractivity contribution in [1.82, 2.24) is 9.80 Å². The summed E-state index contributed by atoms with van der Waals surface area (Å²) in [6.45, 7) is 10.6. The van der Waals surface area contributed by atoms with Crippen LogP contribution in [0.15, 0.2) is 24.3 Å². The van der Waals surface area contributed by atoms with Crippen LogP contribution in [0.5, 0.6) is 0 Å². The van der Waals surface area contributed by atoms with Crippen molar-refractivity contribution in [2.24, 2.45) is 0 Å². The van der Waals surface area contributed by atoms with E-state index in [-0.39, 0.29) is 29.9 Å². The Bertz CT molecular complexity index is 693. The zero-order valence-electron chi connectivity index (χ0n) is 17.4. The number of morpholine rings is 1. The largest absolute Gasteiger partial charge is 0.378 e. The summed E-state index contributed by atoms with van der Waals surface area (Å²) in [5.41, 5.74) is 1.83. The van der Waals surface area contributed by atoms with E-state index in [4.69, 9.17) is 4.74 Å². The van der Waals surface area contributed by atoms with Gasteiger partial charge < -0.3 is 19.9 Å². The molecule has 2 heterocycles. The second kappa shape index (κ2) is 8.49. The lowest BCUT2D eigenvalue weighted by Crippen LogP contribution is -2.63. The van der Waals surface area contributed by atoms with Crippen molar-refractivity contribution in [1.29, 1.82) is 0 Å². The summed E-state index contributed by atoms with van der Waals surface area (Å²) < 4.78 is 5.37. The molecule has 2 aliphatic heterocycles. The zero-order valence-corrected chi connectivity index (χ0v) is 17.4. The first-order valence-corrected chi connectivity index (χ1v) is 10.00. The minimum atomic E-state index is -0.184. The molecule has 0 saturated carbocycles. The van der Waals surface area contributed by atoms with Crippen LogP contribution in [0.4, 0.5) is 11.4 Å². The van der Waals surface area contributed by atoms with Crippen molar-refractivity contribution in [2.75, 3.05) is 56.7 Å². The molecule has 1 aromatic carbocycles. The lowest BCUT2D eigenvalue weighted by atomic mass is 9.92. The van der Waals surface area contributed by atoms with Crippen LogP contribution in [0, 0.1) is 0 Å². The Morgan fingerprint density at radius 1 is 1.14 bits per heavy atom. The van der Waals surface area contributed by atoms with E-state index in [1.807, 2.05) is 24.3 Å². The highest BCUT2D eigenvalue weighted by molar-refractivity contribution is 5.95. The van der Waals surface area contributed by atoms with E-state index in [0.29, 0.717) is 0 Å². The fourth-order valence-electron chi connectivity index (χ4n) is 3.77. The fraction of sp³-hybridized carbons (Fsp3) is 0.619. The minimum absolute atomic E-state index is 0.0130. The van der Waals surface area contributed by atoms with Crippen LogP contribution >= 0.6 is 0 Å². The number of ether oxygens (including phenoxy) is 1. The van der Waals surface area contributed by atoms with Gasteiger partial charge in [-0.05, 0) is 51.5 Å². The number of likely N-dealkylation sites (tertiary alicyclic amines) is 1. The summed E-state index contributed by atoms with van der Waals surface area (Å²) in [5.74, 6) is -0.171. The van der Waals surface area contributed by atoms with Gasteiger partial charge in [0.15, 0.2) is 0 Å². The molecule has 7 heteroatoms. The van der Waals surface area contributed by atoms with Gasteiger partial charge in [-0.2, -0.15) is 0 Å². The third-order valence-electron chi connectivity index (χ3n) is 5.45. The summed E-state index contributed by atoms with van der Waals surface area (Å²) in [7, 11) is 1.70. The molecule has 7 nitrogen and oxygen atoms in total. The van der Waals surface area contributed by atoms with Crippen LogP contribution in [-0.2, 0) is 14.3 Å². The lowest BCUT2D eigenvalue weighted by Gasteiger charge is -2.49. The summed E-state index contributed by atoms with van der Waals surface area (Å²) in [5, 5.41) is 2.88. The Labute approximate surface area is 167 Å². The molecule has 0 aliphatic carbocycles. The number of hydrogen-bond donors (Lipinski definition) is 1. The Morgan fingerprint density at radius 2 is 1.79 bits per heavy atom. The van der Waals surface area contributed by atoms with Gasteiger partial charge in [-0.25, -0.2) is 0 Å². The molecule has 1 N–H and O–H groups in total. The molecule has 0 radical (unpaired) electrons. The summed E-state index contributed by atoms with van der Waals surface area (Å²) in [6.07, 6.45) is 0.852. The Morgan fingerprint density at radius 3 is 2.32 bits per heavy atom. The highest BCUT2D eigenvalue weighted by atomic mass is 16.5. The number of likely N-dealkylation sites (N-methyl/N-ethyl adjacent to an activating group) is 1. The molecule has 2 aliphatic rings. The number of amides is 2. The lowest BCUT2D eigenvalue weighted by molar-refractivity contribution is -0.146. The highest BCUT2D eigenvalue weighted by Gasteiger charge is 2.41. The summed E-state index contributed by atoms with van der Waals surface area (Å²) >= 11 is 0. The minimum Gasteiger partial charge on any atom is -0.378 e. The van der Waals surface area contributed by atoms with Crippen LogP contribution in [0.25, 0.3) is 0 Å². The normalized spacial score (nSPS) is 20.4. The van der Waals surface area contributed by atoms with E-state index in [0.717, 1.165) is 50.6 Å². The average molecular weight is 389 g/mol. The summed E-state index contributed by atoms with van der Waals surface area (Å²) in [4.78, 5) is 31.0. The molecule has 2 amide bonds. The maximum atomic E-state index is 12.7. The second-order valence-electron chi connectivity index (χ2n) is 8.56. The molecule has 2 saturated heterocycles. The number of nitrogens with zero attached hydrogens (tertiary/aromatic N) is 3. The topological polar surface area (TPSA) is 65.1 Å². The molecule has 3 rings (SSSR count). The van der Waals surface area contributed by atoms with E-state index >= 15 is 0 Å². The molecule has 154 valence electrons. The van der Waals surface area contributed by atoms with Gasteiger partial charge in [-0.15, -0.1) is 0 Å². The molecule has 28 heavy (non-hydrogen) atoms. The predicted molar refractivity (Wildman–Crippen MR) is 111 cm³/mol. The summed E-state index contributed by atoms with van der Waals surface area (Å²) in [6, 6.07) is 7.69. The number of carbonyl (C=O) groups is 2. The van der Waals surface area contributed by atoms with Crippen molar-refractivity contribution in [3.8, 4) is 0 Å². The monoisotopic (exact) mass is 388 g/mol. The third-order valence-corrected chi connectivity index (χ3v) is 5.45. The molecule has 0 spiro atoms. The highest BCUT2D eigenvalue weighted by Crippen LogP contribution is 2.28. The second-order valence-corrected chi connectivity index (χ2v) is 8.56.